The standard InChI is InChI=1S/C17H19F3N2O3/c1-4-22-10(3)13(15(23)25-5-2)14(21-16(22)24)11-7-6-8-12(9-11)17(18,19)20/h6-9,14H,4-5H2,1-3H3,(H,21,24). The first-order valence-electron chi connectivity index (χ1n) is 7.83. The van der Waals surface area contributed by atoms with Crippen LogP contribution >= 0.6 is 0 Å². The second-order valence-corrected chi connectivity index (χ2v) is 5.47. The Balaban J connectivity index is 2.56. The van der Waals surface area contributed by atoms with Gasteiger partial charge in [0.1, 0.15) is 0 Å². The van der Waals surface area contributed by atoms with E-state index in [2.05, 4.69) is 5.32 Å². The number of allylic oxidation sites excluding steroid dienone is 1. The van der Waals surface area contributed by atoms with E-state index in [1.54, 1.807) is 20.8 Å². The molecule has 136 valence electrons. The summed E-state index contributed by atoms with van der Waals surface area (Å²) >= 11 is 0. The maximum atomic E-state index is 13.0. The van der Waals surface area contributed by atoms with Gasteiger partial charge in [0, 0.05) is 12.2 Å². The highest BCUT2D eigenvalue weighted by Crippen LogP contribution is 2.35. The summed E-state index contributed by atoms with van der Waals surface area (Å²) in [5.41, 5.74) is -0.186. The predicted molar refractivity (Wildman–Crippen MR) is 84.4 cm³/mol. The van der Waals surface area contributed by atoms with Gasteiger partial charge in [-0.25, -0.2) is 9.59 Å². The Bertz CT molecular complexity index is 713. The molecule has 25 heavy (non-hydrogen) atoms. The topological polar surface area (TPSA) is 58.6 Å². The number of amides is 2. The number of rotatable bonds is 4. The van der Waals surface area contributed by atoms with Crippen LogP contribution in [0.3, 0.4) is 0 Å². The molecule has 0 radical (unpaired) electrons. The zero-order valence-electron chi connectivity index (χ0n) is 14.1. The van der Waals surface area contributed by atoms with Crippen molar-refractivity contribution in [3.8, 4) is 0 Å². The van der Waals surface area contributed by atoms with Crippen molar-refractivity contribution in [3.63, 3.8) is 0 Å². The Morgan fingerprint density at radius 3 is 2.56 bits per heavy atom. The highest BCUT2D eigenvalue weighted by molar-refractivity contribution is 5.95. The molecule has 1 unspecified atom stereocenters. The van der Waals surface area contributed by atoms with Gasteiger partial charge in [0.15, 0.2) is 0 Å². The Morgan fingerprint density at radius 1 is 1.32 bits per heavy atom. The van der Waals surface area contributed by atoms with Crippen LogP contribution in [0.5, 0.6) is 0 Å². The number of nitrogens with one attached hydrogen (secondary N) is 1. The van der Waals surface area contributed by atoms with Crippen LogP contribution in [0, 0.1) is 0 Å². The summed E-state index contributed by atoms with van der Waals surface area (Å²) in [6.07, 6.45) is -4.52. The first-order valence-corrected chi connectivity index (χ1v) is 7.83. The van der Waals surface area contributed by atoms with E-state index in [0.717, 1.165) is 12.1 Å². The van der Waals surface area contributed by atoms with Gasteiger partial charge in [-0.2, -0.15) is 13.2 Å². The molecule has 1 aliphatic heterocycles. The molecule has 0 aromatic heterocycles. The second kappa shape index (κ2) is 7.16. The zero-order chi connectivity index (χ0) is 18.8. The number of benzene rings is 1. The molecule has 0 saturated heterocycles. The number of urea groups is 1. The highest BCUT2D eigenvalue weighted by Gasteiger charge is 2.37. The van der Waals surface area contributed by atoms with Crippen LogP contribution in [0.4, 0.5) is 18.0 Å². The van der Waals surface area contributed by atoms with Crippen LogP contribution in [0.15, 0.2) is 35.5 Å². The number of hydrogen-bond donors (Lipinski definition) is 1. The summed E-state index contributed by atoms with van der Waals surface area (Å²) in [6, 6.07) is 3.07. The number of carbonyl (C=O) groups excluding carboxylic acids is 2. The van der Waals surface area contributed by atoms with Crippen molar-refractivity contribution < 1.29 is 27.5 Å². The minimum absolute atomic E-state index is 0.116. The van der Waals surface area contributed by atoms with Crippen LogP contribution in [0.2, 0.25) is 0 Å². The van der Waals surface area contributed by atoms with Crippen molar-refractivity contribution in [2.45, 2.75) is 33.0 Å². The van der Waals surface area contributed by atoms with Crippen LogP contribution in [0.1, 0.15) is 37.9 Å². The van der Waals surface area contributed by atoms with Gasteiger partial charge in [0.25, 0.3) is 0 Å². The molecular weight excluding hydrogens is 337 g/mol. The minimum atomic E-state index is -4.52. The lowest BCUT2D eigenvalue weighted by Gasteiger charge is -2.35. The normalized spacial score (nSPS) is 18.2. The van der Waals surface area contributed by atoms with Gasteiger partial charge in [-0.15, -0.1) is 0 Å². The summed E-state index contributed by atoms with van der Waals surface area (Å²) in [6.45, 7) is 5.37. The number of esters is 1. The third-order valence-corrected chi connectivity index (χ3v) is 3.96. The smallest absolute Gasteiger partial charge is 0.416 e. The number of carbonyl (C=O) groups is 2. The maximum Gasteiger partial charge on any atom is 0.416 e. The summed E-state index contributed by atoms with van der Waals surface area (Å²) in [5, 5.41) is 2.59. The predicted octanol–water partition coefficient (Wildman–Crippen LogP) is 3.63. The quantitative estimate of drug-likeness (QED) is 0.838. The molecule has 0 saturated carbocycles. The van der Waals surface area contributed by atoms with Crippen molar-refractivity contribution in [2.24, 2.45) is 0 Å². The number of ether oxygens (including phenoxy) is 1. The van der Waals surface area contributed by atoms with Crippen molar-refractivity contribution in [2.75, 3.05) is 13.2 Å². The van der Waals surface area contributed by atoms with E-state index < -0.39 is 29.8 Å². The maximum absolute atomic E-state index is 13.0. The average Bonchev–Trinajstić information content (AvgIpc) is 2.54. The molecular formula is C17H19F3N2O3. The van der Waals surface area contributed by atoms with Gasteiger partial charge in [0.2, 0.25) is 0 Å². The van der Waals surface area contributed by atoms with Crippen molar-refractivity contribution in [3.05, 3.63) is 46.7 Å². The van der Waals surface area contributed by atoms with Crippen molar-refractivity contribution in [1.29, 1.82) is 0 Å². The van der Waals surface area contributed by atoms with E-state index in [1.165, 1.54) is 17.0 Å². The molecule has 0 bridgehead atoms. The molecule has 0 fully saturated rings. The summed E-state index contributed by atoms with van der Waals surface area (Å²) in [4.78, 5) is 25.9. The Hall–Kier alpha value is -2.51. The molecule has 0 aliphatic carbocycles. The van der Waals surface area contributed by atoms with Crippen molar-refractivity contribution >= 4 is 12.0 Å². The Morgan fingerprint density at radius 2 is 2.00 bits per heavy atom. The van der Waals surface area contributed by atoms with Gasteiger partial charge in [-0.05, 0) is 38.5 Å². The molecule has 5 nitrogen and oxygen atoms in total. The number of halogens is 3. The number of alkyl halides is 3. The van der Waals surface area contributed by atoms with Gasteiger partial charge in [0.05, 0.1) is 23.8 Å². The highest BCUT2D eigenvalue weighted by atomic mass is 19.4. The fourth-order valence-electron chi connectivity index (χ4n) is 2.78. The third kappa shape index (κ3) is 3.78. The van der Waals surface area contributed by atoms with E-state index >= 15 is 0 Å². The van der Waals surface area contributed by atoms with E-state index in [1.807, 2.05) is 0 Å². The minimum Gasteiger partial charge on any atom is -0.463 e. The number of nitrogens with zero attached hydrogens (tertiary/aromatic N) is 1. The molecule has 1 atom stereocenters. The lowest BCUT2D eigenvalue weighted by Crippen LogP contribution is -2.47. The first kappa shape index (κ1) is 18.8. The molecule has 0 spiro atoms. The molecule has 1 aliphatic rings. The third-order valence-electron chi connectivity index (χ3n) is 3.96. The largest absolute Gasteiger partial charge is 0.463 e. The van der Waals surface area contributed by atoms with E-state index in [9.17, 15) is 22.8 Å². The van der Waals surface area contributed by atoms with E-state index in [4.69, 9.17) is 4.74 Å². The Labute approximate surface area is 143 Å². The molecule has 8 heteroatoms. The Kier molecular flexibility index (Phi) is 5.39. The van der Waals surface area contributed by atoms with Crippen LogP contribution in [0.25, 0.3) is 0 Å². The fraction of sp³-hybridized carbons (Fsp3) is 0.412. The van der Waals surface area contributed by atoms with Crippen molar-refractivity contribution in [1.82, 2.24) is 10.2 Å². The molecule has 1 aromatic carbocycles. The zero-order valence-corrected chi connectivity index (χ0v) is 14.1. The second-order valence-electron chi connectivity index (χ2n) is 5.47. The monoisotopic (exact) mass is 356 g/mol. The molecule has 1 heterocycles. The number of hydrogen-bond acceptors (Lipinski definition) is 3. The molecule has 1 aromatic rings. The lowest BCUT2D eigenvalue weighted by atomic mass is 9.93. The molecule has 2 rings (SSSR count). The molecule has 2 amide bonds. The summed E-state index contributed by atoms with van der Waals surface area (Å²) < 4.78 is 44.0. The summed E-state index contributed by atoms with van der Waals surface area (Å²) in [7, 11) is 0. The SMILES string of the molecule is CCOC(=O)C1=C(C)N(CC)C(=O)NC1c1cccc(C(F)(F)F)c1. The van der Waals surface area contributed by atoms with Crippen LogP contribution < -0.4 is 5.32 Å². The van der Waals surface area contributed by atoms with Gasteiger partial charge in [-0.3, -0.25) is 4.90 Å². The average molecular weight is 356 g/mol. The lowest BCUT2D eigenvalue weighted by molar-refractivity contribution is -0.139. The van der Waals surface area contributed by atoms with Gasteiger partial charge < -0.3 is 10.1 Å². The molecule has 1 N–H and O–H groups in total. The summed E-state index contributed by atoms with van der Waals surface area (Å²) in [5.74, 6) is -0.666. The van der Waals surface area contributed by atoms with E-state index in [0.29, 0.717) is 12.2 Å². The van der Waals surface area contributed by atoms with Gasteiger partial charge in [-0.1, -0.05) is 12.1 Å². The van der Waals surface area contributed by atoms with Crippen LogP contribution in [-0.4, -0.2) is 30.1 Å². The first-order chi connectivity index (χ1) is 11.7. The van der Waals surface area contributed by atoms with E-state index in [-0.39, 0.29) is 17.7 Å². The fourth-order valence-corrected chi connectivity index (χ4v) is 2.78. The van der Waals surface area contributed by atoms with Crippen LogP contribution in [-0.2, 0) is 15.7 Å². The van der Waals surface area contributed by atoms with Gasteiger partial charge >= 0.3 is 18.2 Å².